The Morgan fingerprint density at radius 2 is 1.94 bits per heavy atom. The summed E-state index contributed by atoms with van der Waals surface area (Å²) < 4.78 is -1.91. The van der Waals surface area contributed by atoms with Crippen molar-refractivity contribution < 1.29 is 9.90 Å². The van der Waals surface area contributed by atoms with E-state index in [2.05, 4.69) is 5.32 Å². The average molecular weight is 309 g/mol. The van der Waals surface area contributed by atoms with Gasteiger partial charge in [-0.3, -0.25) is 4.79 Å². The van der Waals surface area contributed by atoms with Gasteiger partial charge in [0.05, 0.1) is 0 Å². The van der Waals surface area contributed by atoms with Crippen molar-refractivity contribution in [3.63, 3.8) is 0 Å². The van der Waals surface area contributed by atoms with Gasteiger partial charge in [-0.15, -0.1) is 0 Å². The first kappa shape index (κ1) is 13.9. The second kappa shape index (κ2) is 5.25. The summed E-state index contributed by atoms with van der Waals surface area (Å²) in [7, 11) is 0. The standard InChI is InChI=1S/C12H12Cl3NO2/c13-12(14,15)11(18)16-10(17)9-6-8(9)7-4-2-1-3-5-7/h1-5,8-9,11,18H,6H2,(H,16,17)/t8-,9-,11-/m1/s1. The topological polar surface area (TPSA) is 49.3 Å². The molecule has 0 aliphatic heterocycles. The molecule has 1 fully saturated rings. The van der Waals surface area contributed by atoms with Crippen LogP contribution in [0, 0.1) is 5.92 Å². The number of halogens is 3. The fraction of sp³-hybridized carbons (Fsp3) is 0.417. The molecule has 1 aromatic carbocycles. The van der Waals surface area contributed by atoms with Crippen molar-refractivity contribution in [3.8, 4) is 0 Å². The molecule has 1 aromatic rings. The molecule has 0 bridgehead atoms. The third kappa shape index (κ3) is 3.29. The first-order valence-electron chi connectivity index (χ1n) is 5.49. The summed E-state index contributed by atoms with van der Waals surface area (Å²) in [6, 6.07) is 9.73. The van der Waals surface area contributed by atoms with E-state index in [4.69, 9.17) is 34.8 Å². The Labute approximate surface area is 120 Å². The quantitative estimate of drug-likeness (QED) is 0.666. The summed E-state index contributed by atoms with van der Waals surface area (Å²) in [5.41, 5.74) is 1.11. The van der Waals surface area contributed by atoms with Crippen molar-refractivity contribution in [2.75, 3.05) is 0 Å². The molecule has 1 aliphatic carbocycles. The van der Waals surface area contributed by atoms with Gasteiger partial charge in [-0.25, -0.2) is 0 Å². The minimum atomic E-state index is -1.91. The Morgan fingerprint density at radius 3 is 2.50 bits per heavy atom. The van der Waals surface area contributed by atoms with E-state index >= 15 is 0 Å². The number of benzene rings is 1. The van der Waals surface area contributed by atoms with Crippen molar-refractivity contribution in [3.05, 3.63) is 35.9 Å². The van der Waals surface area contributed by atoms with Crippen molar-refractivity contribution in [1.82, 2.24) is 5.32 Å². The van der Waals surface area contributed by atoms with Crippen LogP contribution >= 0.6 is 34.8 Å². The number of aliphatic hydroxyl groups is 1. The fourth-order valence-electron chi connectivity index (χ4n) is 1.88. The predicted molar refractivity (Wildman–Crippen MR) is 71.7 cm³/mol. The highest BCUT2D eigenvalue weighted by Crippen LogP contribution is 2.47. The molecule has 0 aromatic heterocycles. The van der Waals surface area contributed by atoms with Gasteiger partial charge in [-0.1, -0.05) is 65.1 Å². The largest absolute Gasteiger partial charge is 0.369 e. The maximum Gasteiger partial charge on any atom is 0.234 e. The highest BCUT2D eigenvalue weighted by atomic mass is 35.6. The third-order valence-corrected chi connectivity index (χ3v) is 3.56. The Kier molecular flexibility index (Phi) is 4.07. The number of hydrogen-bond donors (Lipinski definition) is 2. The molecule has 1 saturated carbocycles. The van der Waals surface area contributed by atoms with Crippen molar-refractivity contribution >= 4 is 40.7 Å². The zero-order chi connectivity index (χ0) is 13.3. The smallest absolute Gasteiger partial charge is 0.234 e. The van der Waals surface area contributed by atoms with Crippen LogP contribution in [-0.4, -0.2) is 21.0 Å². The lowest BCUT2D eigenvalue weighted by Gasteiger charge is -2.19. The van der Waals surface area contributed by atoms with Crippen LogP contribution in [0.2, 0.25) is 0 Å². The van der Waals surface area contributed by atoms with E-state index < -0.39 is 10.0 Å². The maximum atomic E-state index is 11.8. The van der Waals surface area contributed by atoms with Crippen LogP contribution in [0.3, 0.4) is 0 Å². The van der Waals surface area contributed by atoms with Crippen LogP contribution in [-0.2, 0) is 4.79 Å². The number of nitrogens with one attached hydrogen (secondary N) is 1. The van der Waals surface area contributed by atoms with Crippen LogP contribution in [0.1, 0.15) is 17.9 Å². The van der Waals surface area contributed by atoms with Gasteiger partial charge in [0.15, 0.2) is 6.23 Å². The van der Waals surface area contributed by atoms with Crippen molar-refractivity contribution in [2.45, 2.75) is 22.4 Å². The normalized spacial score (nSPS) is 24.4. The number of rotatable bonds is 3. The van der Waals surface area contributed by atoms with Gasteiger partial charge in [-0.05, 0) is 17.9 Å². The lowest BCUT2D eigenvalue weighted by Crippen LogP contribution is -2.44. The Morgan fingerprint density at radius 1 is 1.33 bits per heavy atom. The van der Waals surface area contributed by atoms with Gasteiger partial charge in [0.25, 0.3) is 0 Å². The number of amides is 1. The van der Waals surface area contributed by atoms with Crippen molar-refractivity contribution in [1.29, 1.82) is 0 Å². The molecule has 3 nitrogen and oxygen atoms in total. The first-order chi connectivity index (χ1) is 8.39. The Hall–Kier alpha value is -0.480. The SMILES string of the molecule is O=C(N[C@H](O)C(Cl)(Cl)Cl)[C@@H]1C[C@@H]1c1ccccc1. The van der Waals surface area contributed by atoms with Gasteiger partial charge in [0.2, 0.25) is 9.70 Å². The molecule has 18 heavy (non-hydrogen) atoms. The van der Waals surface area contributed by atoms with E-state index in [-0.39, 0.29) is 17.7 Å². The molecule has 0 heterocycles. The molecular weight excluding hydrogens is 296 g/mol. The van der Waals surface area contributed by atoms with Crippen LogP contribution < -0.4 is 5.32 Å². The van der Waals surface area contributed by atoms with E-state index in [0.717, 1.165) is 12.0 Å². The highest BCUT2D eigenvalue weighted by molar-refractivity contribution is 6.68. The second-order valence-corrected chi connectivity index (χ2v) is 6.68. The zero-order valence-electron chi connectivity index (χ0n) is 9.32. The number of carbonyl (C=O) groups is 1. The average Bonchev–Trinajstić information content (AvgIpc) is 3.08. The van der Waals surface area contributed by atoms with Gasteiger partial charge in [-0.2, -0.15) is 0 Å². The van der Waals surface area contributed by atoms with E-state index in [0.29, 0.717) is 0 Å². The van der Waals surface area contributed by atoms with E-state index in [1.54, 1.807) is 0 Å². The minimum Gasteiger partial charge on any atom is -0.369 e. The van der Waals surface area contributed by atoms with Crippen LogP contribution in [0.5, 0.6) is 0 Å². The molecular formula is C12H12Cl3NO2. The molecule has 0 unspecified atom stereocenters. The number of aliphatic hydroxyl groups excluding tert-OH is 1. The molecule has 0 radical (unpaired) electrons. The molecule has 2 N–H and O–H groups in total. The van der Waals surface area contributed by atoms with Crippen LogP contribution in [0.4, 0.5) is 0 Å². The Balaban J connectivity index is 1.91. The van der Waals surface area contributed by atoms with Crippen LogP contribution in [0.25, 0.3) is 0 Å². The molecule has 6 heteroatoms. The summed E-state index contributed by atoms with van der Waals surface area (Å²) in [5, 5.41) is 11.8. The fourth-order valence-corrected chi connectivity index (χ4v) is 2.04. The van der Waals surface area contributed by atoms with Crippen LogP contribution in [0.15, 0.2) is 30.3 Å². The molecule has 98 valence electrons. The van der Waals surface area contributed by atoms with Gasteiger partial charge in [0.1, 0.15) is 0 Å². The molecule has 0 spiro atoms. The summed E-state index contributed by atoms with van der Waals surface area (Å²) in [6.07, 6.45) is -0.741. The molecule has 3 atom stereocenters. The van der Waals surface area contributed by atoms with E-state index in [9.17, 15) is 9.90 Å². The van der Waals surface area contributed by atoms with E-state index in [1.165, 1.54) is 0 Å². The van der Waals surface area contributed by atoms with Crippen molar-refractivity contribution in [2.24, 2.45) is 5.92 Å². The predicted octanol–water partition coefficient (Wildman–Crippen LogP) is 2.59. The monoisotopic (exact) mass is 307 g/mol. The molecule has 0 saturated heterocycles. The summed E-state index contributed by atoms with van der Waals surface area (Å²) in [6.45, 7) is 0. The number of alkyl halides is 3. The summed E-state index contributed by atoms with van der Waals surface area (Å²) >= 11 is 16.4. The van der Waals surface area contributed by atoms with Gasteiger partial charge < -0.3 is 10.4 Å². The number of hydrogen-bond acceptors (Lipinski definition) is 2. The molecule has 2 rings (SSSR count). The van der Waals surface area contributed by atoms with Gasteiger partial charge >= 0.3 is 0 Å². The van der Waals surface area contributed by atoms with Gasteiger partial charge in [0, 0.05) is 5.92 Å². The first-order valence-corrected chi connectivity index (χ1v) is 6.63. The lowest BCUT2D eigenvalue weighted by atomic mass is 10.1. The number of carbonyl (C=O) groups excluding carboxylic acids is 1. The Bertz CT molecular complexity index is 433. The third-order valence-electron chi connectivity index (χ3n) is 2.94. The highest BCUT2D eigenvalue weighted by Gasteiger charge is 2.45. The summed E-state index contributed by atoms with van der Waals surface area (Å²) in [5.74, 6) is -0.258. The second-order valence-electron chi connectivity index (χ2n) is 4.31. The molecule has 1 aliphatic rings. The molecule has 1 amide bonds. The maximum absolute atomic E-state index is 11.8. The lowest BCUT2D eigenvalue weighted by molar-refractivity contribution is -0.125. The minimum absolute atomic E-state index is 0.158. The summed E-state index contributed by atoms with van der Waals surface area (Å²) in [4.78, 5) is 11.8. The zero-order valence-corrected chi connectivity index (χ0v) is 11.6. The van der Waals surface area contributed by atoms with E-state index in [1.807, 2.05) is 30.3 Å².